The van der Waals surface area contributed by atoms with Crippen LogP contribution in [-0.2, 0) is 25.7 Å². The second-order valence-electron chi connectivity index (χ2n) is 9.91. The van der Waals surface area contributed by atoms with Crippen molar-refractivity contribution in [2.75, 3.05) is 6.54 Å². The monoisotopic (exact) mass is 465 g/mol. The van der Waals surface area contributed by atoms with E-state index in [0.717, 1.165) is 36.8 Å². The molecule has 3 atom stereocenters. The van der Waals surface area contributed by atoms with Crippen LogP contribution in [-0.4, -0.2) is 52.1 Å². The van der Waals surface area contributed by atoms with Gasteiger partial charge in [-0.25, -0.2) is 0 Å². The SMILES string of the molecule is Cc1cccc(CN(C(=O)CCN2C(=O)[C@H]3CC=CC[C@H]3C2=O)C(C)C(=O)NC2CCCC2)c1. The fourth-order valence-corrected chi connectivity index (χ4v) is 5.42. The van der Waals surface area contributed by atoms with Gasteiger partial charge in [-0.2, -0.15) is 0 Å². The van der Waals surface area contributed by atoms with Crippen molar-refractivity contribution >= 4 is 23.6 Å². The fraction of sp³-hybridized carbons (Fsp3) is 0.556. The highest BCUT2D eigenvalue weighted by molar-refractivity contribution is 6.05. The van der Waals surface area contributed by atoms with Crippen molar-refractivity contribution in [2.45, 2.75) is 77.4 Å². The summed E-state index contributed by atoms with van der Waals surface area (Å²) < 4.78 is 0. The Morgan fingerprint density at radius 2 is 1.74 bits per heavy atom. The summed E-state index contributed by atoms with van der Waals surface area (Å²) in [5.74, 6) is -1.34. The van der Waals surface area contributed by atoms with Crippen molar-refractivity contribution in [3.63, 3.8) is 0 Å². The lowest BCUT2D eigenvalue weighted by Crippen LogP contribution is -2.50. The topological polar surface area (TPSA) is 86.8 Å². The minimum atomic E-state index is -0.648. The van der Waals surface area contributed by atoms with Crippen LogP contribution in [0.25, 0.3) is 0 Å². The maximum absolute atomic E-state index is 13.4. The predicted molar refractivity (Wildman–Crippen MR) is 128 cm³/mol. The van der Waals surface area contributed by atoms with E-state index in [1.807, 2.05) is 43.3 Å². The number of aryl methyl sites for hydroxylation is 1. The number of likely N-dealkylation sites (tertiary alicyclic amines) is 1. The molecule has 2 fully saturated rings. The Kier molecular flexibility index (Phi) is 7.49. The second kappa shape index (κ2) is 10.5. The van der Waals surface area contributed by atoms with Gasteiger partial charge in [-0.05, 0) is 45.1 Å². The number of rotatable bonds is 8. The third kappa shape index (κ3) is 5.24. The van der Waals surface area contributed by atoms with Crippen molar-refractivity contribution in [1.29, 1.82) is 0 Å². The summed E-state index contributed by atoms with van der Waals surface area (Å²) in [4.78, 5) is 54.8. The van der Waals surface area contributed by atoms with Crippen LogP contribution in [0.2, 0.25) is 0 Å². The highest BCUT2D eigenvalue weighted by atomic mass is 16.2. The molecule has 1 saturated heterocycles. The van der Waals surface area contributed by atoms with Crippen LogP contribution in [0.3, 0.4) is 0 Å². The van der Waals surface area contributed by atoms with Gasteiger partial charge >= 0.3 is 0 Å². The van der Waals surface area contributed by atoms with E-state index in [0.29, 0.717) is 19.4 Å². The number of hydrogen-bond acceptors (Lipinski definition) is 4. The highest BCUT2D eigenvalue weighted by Gasteiger charge is 2.47. The Morgan fingerprint density at radius 3 is 2.35 bits per heavy atom. The van der Waals surface area contributed by atoms with Gasteiger partial charge in [0.1, 0.15) is 6.04 Å². The van der Waals surface area contributed by atoms with Crippen LogP contribution in [0.4, 0.5) is 0 Å². The Hall–Kier alpha value is -2.96. The number of nitrogens with zero attached hydrogens (tertiary/aromatic N) is 2. The van der Waals surface area contributed by atoms with Crippen LogP contribution in [0, 0.1) is 18.8 Å². The zero-order chi connectivity index (χ0) is 24.2. The smallest absolute Gasteiger partial charge is 0.242 e. The van der Waals surface area contributed by atoms with Crippen molar-refractivity contribution in [3.05, 3.63) is 47.5 Å². The molecular weight excluding hydrogens is 430 g/mol. The second-order valence-corrected chi connectivity index (χ2v) is 9.91. The van der Waals surface area contributed by atoms with Gasteiger partial charge in [0.15, 0.2) is 0 Å². The van der Waals surface area contributed by atoms with E-state index < -0.39 is 6.04 Å². The van der Waals surface area contributed by atoms with Crippen LogP contribution in [0.5, 0.6) is 0 Å². The van der Waals surface area contributed by atoms with E-state index in [1.165, 1.54) is 4.90 Å². The number of benzene rings is 1. The molecule has 34 heavy (non-hydrogen) atoms. The molecule has 182 valence electrons. The first-order valence-corrected chi connectivity index (χ1v) is 12.5. The molecule has 4 amide bonds. The molecule has 1 unspecified atom stereocenters. The number of carbonyl (C=O) groups is 4. The number of hydrogen-bond donors (Lipinski definition) is 1. The van der Waals surface area contributed by atoms with E-state index in [1.54, 1.807) is 11.8 Å². The van der Waals surface area contributed by atoms with E-state index >= 15 is 0 Å². The number of allylic oxidation sites excluding steroid dienone is 2. The number of nitrogens with one attached hydrogen (secondary N) is 1. The number of amides is 4. The van der Waals surface area contributed by atoms with Crippen molar-refractivity contribution in [1.82, 2.24) is 15.1 Å². The van der Waals surface area contributed by atoms with Crippen LogP contribution < -0.4 is 5.32 Å². The Morgan fingerprint density at radius 1 is 1.09 bits per heavy atom. The third-order valence-electron chi connectivity index (χ3n) is 7.45. The first-order valence-electron chi connectivity index (χ1n) is 12.5. The number of carbonyl (C=O) groups excluding carboxylic acids is 4. The number of fused-ring (bicyclic) bond motifs is 1. The van der Waals surface area contributed by atoms with Gasteiger partial charge < -0.3 is 10.2 Å². The molecule has 2 aliphatic carbocycles. The molecule has 0 bridgehead atoms. The molecule has 1 heterocycles. The van der Waals surface area contributed by atoms with Gasteiger partial charge in [0.2, 0.25) is 23.6 Å². The minimum Gasteiger partial charge on any atom is -0.352 e. The van der Waals surface area contributed by atoms with Gasteiger partial charge in [0.25, 0.3) is 0 Å². The zero-order valence-electron chi connectivity index (χ0n) is 20.2. The van der Waals surface area contributed by atoms with Crippen LogP contribution in [0.1, 0.15) is 63.0 Å². The summed E-state index contributed by atoms with van der Waals surface area (Å²) in [6.45, 7) is 4.11. The summed E-state index contributed by atoms with van der Waals surface area (Å²) >= 11 is 0. The number of imide groups is 1. The third-order valence-corrected chi connectivity index (χ3v) is 7.45. The van der Waals surface area contributed by atoms with Gasteiger partial charge in [-0.15, -0.1) is 0 Å². The van der Waals surface area contributed by atoms with E-state index in [-0.39, 0.29) is 54.5 Å². The molecule has 1 aromatic carbocycles. The quantitative estimate of drug-likeness (QED) is 0.472. The maximum atomic E-state index is 13.4. The summed E-state index contributed by atoms with van der Waals surface area (Å²) in [6, 6.07) is 7.40. The van der Waals surface area contributed by atoms with Crippen LogP contribution >= 0.6 is 0 Å². The summed E-state index contributed by atoms with van der Waals surface area (Å²) in [7, 11) is 0. The average molecular weight is 466 g/mol. The van der Waals surface area contributed by atoms with Crippen molar-refractivity contribution in [3.8, 4) is 0 Å². The lowest BCUT2D eigenvalue weighted by molar-refractivity contribution is -0.144. The van der Waals surface area contributed by atoms with Crippen molar-refractivity contribution in [2.24, 2.45) is 11.8 Å². The molecule has 1 aliphatic heterocycles. The van der Waals surface area contributed by atoms with Gasteiger partial charge in [0.05, 0.1) is 11.8 Å². The summed E-state index contributed by atoms with van der Waals surface area (Å²) in [5, 5.41) is 3.10. The molecule has 1 aromatic rings. The minimum absolute atomic E-state index is 0.0111. The molecule has 1 N–H and O–H groups in total. The molecule has 0 aromatic heterocycles. The summed E-state index contributed by atoms with van der Waals surface area (Å²) in [5.41, 5.74) is 2.02. The normalized spacial score (nSPS) is 23.2. The Bertz CT molecular complexity index is 956. The molecule has 1 saturated carbocycles. The van der Waals surface area contributed by atoms with Gasteiger partial charge in [-0.3, -0.25) is 24.1 Å². The maximum Gasteiger partial charge on any atom is 0.242 e. The average Bonchev–Trinajstić information content (AvgIpc) is 3.42. The standard InChI is InChI=1S/C27H35N3O4/c1-18-8-7-9-20(16-18)17-30(19(2)25(32)28-21-10-3-4-11-21)24(31)14-15-29-26(33)22-12-5-6-13-23(22)27(29)34/h5-9,16,19,21-23H,3-4,10-15,17H2,1-2H3,(H,28,32)/t19?,22-,23+. The molecule has 4 rings (SSSR count). The molecule has 0 radical (unpaired) electrons. The molecular formula is C27H35N3O4. The van der Waals surface area contributed by atoms with E-state index in [9.17, 15) is 19.2 Å². The van der Waals surface area contributed by atoms with Gasteiger partial charge in [0, 0.05) is 25.6 Å². The van der Waals surface area contributed by atoms with Gasteiger partial charge in [-0.1, -0.05) is 54.8 Å². The van der Waals surface area contributed by atoms with Crippen molar-refractivity contribution < 1.29 is 19.2 Å². The molecule has 3 aliphatic rings. The summed E-state index contributed by atoms with van der Waals surface area (Å²) in [6.07, 6.45) is 9.25. The largest absolute Gasteiger partial charge is 0.352 e. The molecule has 0 spiro atoms. The lowest BCUT2D eigenvalue weighted by Gasteiger charge is -2.30. The molecule has 7 nitrogen and oxygen atoms in total. The Labute approximate surface area is 201 Å². The fourth-order valence-electron chi connectivity index (χ4n) is 5.42. The van der Waals surface area contributed by atoms with E-state index in [4.69, 9.17) is 0 Å². The zero-order valence-corrected chi connectivity index (χ0v) is 20.2. The van der Waals surface area contributed by atoms with Crippen LogP contribution in [0.15, 0.2) is 36.4 Å². The molecule has 7 heteroatoms. The Balaban J connectivity index is 1.45. The first kappa shape index (κ1) is 24.2. The first-order chi connectivity index (χ1) is 16.3. The lowest BCUT2D eigenvalue weighted by atomic mass is 9.85. The predicted octanol–water partition coefficient (Wildman–Crippen LogP) is 3.11. The highest BCUT2D eigenvalue weighted by Crippen LogP contribution is 2.35. The van der Waals surface area contributed by atoms with E-state index in [2.05, 4.69) is 5.32 Å².